The molecule has 0 aromatic heterocycles. The molecule has 44 heavy (non-hydrogen) atoms. The maximum atomic E-state index is 9.42. The Balaban J connectivity index is 0.000000440. The molecule has 0 saturated heterocycles. The van der Waals surface area contributed by atoms with Crippen molar-refractivity contribution in [3.8, 4) is 11.5 Å². The highest BCUT2D eigenvalue weighted by atomic mass is 16.3. The first kappa shape index (κ1) is 39.8. The number of aryl methyl sites for hydroxylation is 2. The zero-order chi connectivity index (χ0) is 31.8. The molecule has 250 valence electrons. The average Bonchev–Trinajstić information content (AvgIpc) is 3.02. The highest BCUT2D eigenvalue weighted by Crippen LogP contribution is 2.17. The van der Waals surface area contributed by atoms with Crippen molar-refractivity contribution in [3.05, 3.63) is 71.8 Å². The van der Waals surface area contributed by atoms with Crippen LogP contribution in [0.4, 0.5) is 0 Å². The predicted molar refractivity (Wildman–Crippen MR) is 195 cm³/mol. The quantitative estimate of drug-likeness (QED) is 0.0784. The van der Waals surface area contributed by atoms with E-state index < -0.39 is 0 Å². The summed E-state index contributed by atoms with van der Waals surface area (Å²) in [5, 5.41) is 18.8. The molecule has 2 aromatic carbocycles. The van der Waals surface area contributed by atoms with E-state index in [1.54, 1.807) is 12.1 Å². The van der Waals surface area contributed by atoms with Gasteiger partial charge < -0.3 is 10.2 Å². The first-order valence-corrected chi connectivity index (χ1v) is 18.9. The van der Waals surface area contributed by atoms with E-state index in [0.717, 1.165) is 12.8 Å². The molecule has 0 unspecified atom stereocenters. The number of rotatable bonds is 27. The van der Waals surface area contributed by atoms with Crippen LogP contribution < -0.4 is 0 Å². The summed E-state index contributed by atoms with van der Waals surface area (Å²) < 4.78 is 0. The van der Waals surface area contributed by atoms with E-state index in [1.807, 2.05) is 24.3 Å². The van der Waals surface area contributed by atoms with Gasteiger partial charge in [0.25, 0.3) is 0 Å². The van der Waals surface area contributed by atoms with Gasteiger partial charge in [-0.15, -0.1) is 0 Å². The molecule has 2 aromatic rings. The van der Waals surface area contributed by atoms with Crippen LogP contribution in [-0.2, 0) is 12.8 Å². The molecule has 2 heteroatoms. The Bertz CT molecular complexity index is 902. The van der Waals surface area contributed by atoms with Crippen molar-refractivity contribution in [2.45, 2.75) is 181 Å². The molecular formula is C42H70O2. The second-order valence-corrected chi connectivity index (χ2v) is 13.0. The van der Waals surface area contributed by atoms with Gasteiger partial charge in [-0.05, 0) is 80.3 Å². The van der Waals surface area contributed by atoms with Crippen LogP contribution in [0, 0.1) is 0 Å². The van der Waals surface area contributed by atoms with Gasteiger partial charge >= 0.3 is 0 Å². The highest BCUT2D eigenvalue weighted by molar-refractivity contribution is 5.27. The second kappa shape index (κ2) is 30.8. The Kier molecular flexibility index (Phi) is 27.9. The van der Waals surface area contributed by atoms with E-state index >= 15 is 0 Å². The van der Waals surface area contributed by atoms with E-state index in [0.29, 0.717) is 11.5 Å². The topological polar surface area (TPSA) is 40.5 Å². The van der Waals surface area contributed by atoms with Gasteiger partial charge in [0.05, 0.1) is 0 Å². The lowest BCUT2D eigenvalue weighted by molar-refractivity contribution is 0.473. The smallest absolute Gasteiger partial charge is 0.115 e. The summed E-state index contributed by atoms with van der Waals surface area (Å²) in [6.07, 6.45) is 39.7. The van der Waals surface area contributed by atoms with E-state index in [4.69, 9.17) is 0 Å². The van der Waals surface area contributed by atoms with Crippen LogP contribution >= 0.6 is 0 Å². The maximum absolute atomic E-state index is 9.42. The number of allylic oxidation sites excluding steroid dienone is 2. The van der Waals surface area contributed by atoms with Gasteiger partial charge in [0.15, 0.2) is 0 Å². The molecule has 0 atom stereocenters. The Morgan fingerprint density at radius 1 is 0.409 bits per heavy atom. The van der Waals surface area contributed by atoms with Gasteiger partial charge in [0.1, 0.15) is 11.5 Å². The van der Waals surface area contributed by atoms with Crippen LogP contribution in [0.1, 0.15) is 179 Å². The fourth-order valence-corrected chi connectivity index (χ4v) is 5.83. The van der Waals surface area contributed by atoms with Crippen LogP contribution in [-0.4, -0.2) is 10.2 Å². The summed E-state index contributed by atoms with van der Waals surface area (Å²) >= 11 is 0. The molecule has 0 radical (unpaired) electrons. The van der Waals surface area contributed by atoms with Crippen LogP contribution in [0.15, 0.2) is 60.7 Å². The summed E-state index contributed by atoms with van der Waals surface area (Å²) in [5.74, 6) is 0.786. The van der Waals surface area contributed by atoms with Crippen molar-refractivity contribution < 1.29 is 10.2 Å². The molecule has 0 aliphatic carbocycles. The highest BCUT2D eigenvalue weighted by Gasteiger charge is 1.98. The summed E-state index contributed by atoms with van der Waals surface area (Å²) in [6, 6.07) is 15.3. The SMILES string of the molecule is CCC/C=C/CCCCCCCCCCc1cccc(O)c1.CCCCCCCCCCCCCCCc1cccc(O)c1. The lowest BCUT2D eigenvalue weighted by Gasteiger charge is -2.04. The van der Waals surface area contributed by atoms with E-state index in [-0.39, 0.29) is 0 Å². The standard InChI is InChI=1S/C21H36O.C21H34O/c2*1-2-3-4-5-6-7-8-9-10-11-12-13-14-16-20-17-15-18-21(22)19-20/h15,17-19,22H,2-14,16H2,1H3;4-5,15,17-19,22H,2-3,6-14,16H2,1H3/b;5-4+. The van der Waals surface area contributed by atoms with Crippen molar-refractivity contribution in [2.24, 2.45) is 0 Å². The molecule has 0 amide bonds. The number of aromatic hydroxyl groups is 2. The lowest BCUT2D eigenvalue weighted by Crippen LogP contribution is -1.86. The minimum atomic E-state index is 0.391. The van der Waals surface area contributed by atoms with Gasteiger partial charge in [0.2, 0.25) is 0 Å². The van der Waals surface area contributed by atoms with Crippen LogP contribution in [0.2, 0.25) is 0 Å². The van der Waals surface area contributed by atoms with E-state index in [9.17, 15) is 10.2 Å². The van der Waals surface area contributed by atoms with Crippen molar-refractivity contribution in [2.75, 3.05) is 0 Å². The number of phenols is 2. The molecule has 0 bridgehead atoms. The number of hydrogen-bond donors (Lipinski definition) is 2. The van der Waals surface area contributed by atoms with E-state index in [2.05, 4.69) is 38.1 Å². The van der Waals surface area contributed by atoms with Crippen LogP contribution in [0.25, 0.3) is 0 Å². The zero-order valence-electron chi connectivity index (χ0n) is 29.1. The summed E-state index contributed by atoms with van der Waals surface area (Å²) in [4.78, 5) is 0. The minimum absolute atomic E-state index is 0.391. The first-order chi connectivity index (χ1) is 21.7. The van der Waals surface area contributed by atoms with Crippen molar-refractivity contribution in [1.82, 2.24) is 0 Å². The Hall–Kier alpha value is -2.22. The van der Waals surface area contributed by atoms with E-state index in [1.165, 1.54) is 165 Å². The van der Waals surface area contributed by atoms with Crippen molar-refractivity contribution >= 4 is 0 Å². The summed E-state index contributed by atoms with van der Waals surface area (Å²) in [7, 11) is 0. The minimum Gasteiger partial charge on any atom is -0.508 e. The molecule has 0 fully saturated rings. The maximum Gasteiger partial charge on any atom is 0.115 e. The number of benzene rings is 2. The molecule has 0 aliphatic rings. The van der Waals surface area contributed by atoms with Gasteiger partial charge in [-0.2, -0.15) is 0 Å². The van der Waals surface area contributed by atoms with Gasteiger partial charge in [-0.3, -0.25) is 0 Å². The van der Waals surface area contributed by atoms with Gasteiger partial charge in [-0.25, -0.2) is 0 Å². The number of phenolic OH excluding ortho intramolecular Hbond substituents is 2. The molecule has 0 heterocycles. The fraction of sp³-hybridized carbons (Fsp3) is 0.667. The molecule has 2 N–H and O–H groups in total. The molecule has 2 rings (SSSR count). The lowest BCUT2D eigenvalue weighted by atomic mass is 10.0. The molecule has 0 saturated carbocycles. The third-order valence-electron chi connectivity index (χ3n) is 8.60. The largest absolute Gasteiger partial charge is 0.508 e. The van der Waals surface area contributed by atoms with Gasteiger partial charge in [0, 0.05) is 0 Å². The summed E-state index contributed by atoms with van der Waals surface area (Å²) in [5.41, 5.74) is 2.53. The predicted octanol–water partition coefficient (Wildman–Crippen LogP) is 13.8. The molecule has 2 nitrogen and oxygen atoms in total. The van der Waals surface area contributed by atoms with Crippen molar-refractivity contribution in [3.63, 3.8) is 0 Å². The summed E-state index contributed by atoms with van der Waals surface area (Å²) in [6.45, 7) is 4.51. The third kappa shape index (κ3) is 26.2. The zero-order valence-corrected chi connectivity index (χ0v) is 29.1. The van der Waals surface area contributed by atoms with Crippen LogP contribution in [0.5, 0.6) is 11.5 Å². The third-order valence-corrected chi connectivity index (χ3v) is 8.60. The molecule has 0 aliphatic heterocycles. The Morgan fingerprint density at radius 2 is 0.773 bits per heavy atom. The second-order valence-electron chi connectivity index (χ2n) is 13.0. The number of unbranched alkanes of at least 4 members (excludes halogenated alkanes) is 21. The van der Waals surface area contributed by atoms with Crippen LogP contribution in [0.3, 0.4) is 0 Å². The Labute approximate surface area is 273 Å². The average molecular weight is 607 g/mol. The first-order valence-electron chi connectivity index (χ1n) is 18.9. The number of hydrogen-bond acceptors (Lipinski definition) is 2. The molecule has 0 spiro atoms. The van der Waals surface area contributed by atoms with Crippen molar-refractivity contribution in [1.29, 1.82) is 0 Å². The molecular weight excluding hydrogens is 536 g/mol. The van der Waals surface area contributed by atoms with Gasteiger partial charge in [-0.1, -0.05) is 172 Å². The normalized spacial score (nSPS) is 11.1. The Morgan fingerprint density at radius 3 is 1.16 bits per heavy atom. The fourth-order valence-electron chi connectivity index (χ4n) is 5.83. The monoisotopic (exact) mass is 607 g/mol.